The fourth-order valence-electron chi connectivity index (χ4n) is 2.79. The van der Waals surface area contributed by atoms with Crippen LogP contribution in [0.4, 0.5) is 10.5 Å². The van der Waals surface area contributed by atoms with E-state index < -0.39 is 6.09 Å². The van der Waals surface area contributed by atoms with Crippen molar-refractivity contribution in [2.24, 2.45) is 0 Å². The van der Waals surface area contributed by atoms with Crippen molar-refractivity contribution in [3.8, 4) is 0 Å². The highest BCUT2D eigenvalue weighted by Crippen LogP contribution is 2.32. The van der Waals surface area contributed by atoms with Crippen molar-refractivity contribution in [3.05, 3.63) is 77.1 Å². The average molecular weight is 337 g/mol. The molecule has 1 heterocycles. The molecule has 3 rings (SSSR count). The van der Waals surface area contributed by atoms with E-state index in [1.54, 1.807) is 6.92 Å². The van der Waals surface area contributed by atoms with Crippen LogP contribution in [-0.2, 0) is 9.53 Å². The minimum absolute atomic E-state index is 0.235. The van der Waals surface area contributed by atoms with Gasteiger partial charge in [-0.1, -0.05) is 48.5 Å². The monoisotopic (exact) mass is 337 g/mol. The standard InChI is InChI=1S/C19H19N3O3/c1-12(20-19(24)25-2)16-18(23)21-15-11-7-6-10-14(15)17(22-16)13-8-4-3-5-9-13/h3-11,17,22H,1-2H3,(H,20,24)(H,21,23)/b16-12-/t17-/m1/s1. The zero-order valence-corrected chi connectivity index (χ0v) is 14.0. The second-order valence-corrected chi connectivity index (χ2v) is 5.65. The van der Waals surface area contributed by atoms with Crippen molar-refractivity contribution < 1.29 is 14.3 Å². The van der Waals surface area contributed by atoms with Gasteiger partial charge in [0.25, 0.3) is 5.91 Å². The predicted octanol–water partition coefficient (Wildman–Crippen LogP) is 2.91. The lowest BCUT2D eigenvalue weighted by Gasteiger charge is -2.21. The number of para-hydroxylation sites is 1. The van der Waals surface area contributed by atoms with Gasteiger partial charge in [0.1, 0.15) is 5.70 Å². The number of carbonyl (C=O) groups is 2. The molecule has 6 heteroatoms. The number of nitrogens with one attached hydrogen (secondary N) is 3. The molecular formula is C19H19N3O3. The molecule has 2 aromatic rings. The summed E-state index contributed by atoms with van der Waals surface area (Å²) in [6, 6.07) is 17.2. The highest BCUT2D eigenvalue weighted by molar-refractivity contribution is 6.05. The summed E-state index contributed by atoms with van der Waals surface area (Å²) in [5.74, 6) is -0.320. The SMILES string of the molecule is COC(=O)N/C(C)=C1\N[C@H](c2ccccc2)c2ccccc2NC1=O. The molecule has 1 aliphatic rings. The van der Waals surface area contributed by atoms with E-state index in [4.69, 9.17) is 0 Å². The Morgan fingerprint density at radius 1 is 1.08 bits per heavy atom. The van der Waals surface area contributed by atoms with Crippen molar-refractivity contribution in [1.82, 2.24) is 10.6 Å². The molecule has 128 valence electrons. The number of anilines is 1. The first kappa shape index (κ1) is 16.6. The van der Waals surface area contributed by atoms with Gasteiger partial charge in [0.15, 0.2) is 0 Å². The Hall–Kier alpha value is -3.28. The smallest absolute Gasteiger partial charge is 0.411 e. The lowest BCUT2D eigenvalue weighted by Crippen LogP contribution is -2.32. The van der Waals surface area contributed by atoms with Crippen LogP contribution in [0.1, 0.15) is 24.1 Å². The molecule has 0 radical (unpaired) electrons. The third-order valence-electron chi connectivity index (χ3n) is 4.02. The molecule has 0 saturated heterocycles. The Kier molecular flexibility index (Phi) is 4.70. The van der Waals surface area contributed by atoms with Crippen LogP contribution in [0.3, 0.4) is 0 Å². The summed E-state index contributed by atoms with van der Waals surface area (Å²) in [5, 5.41) is 8.71. The summed E-state index contributed by atoms with van der Waals surface area (Å²) in [7, 11) is 1.27. The number of rotatable bonds is 2. The van der Waals surface area contributed by atoms with Crippen molar-refractivity contribution in [1.29, 1.82) is 0 Å². The van der Waals surface area contributed by atoms with E-state index in [0.29, 0.717) is 5.70 Å². The van der Waals surface area contributed by atoms with E-state index in [2.05, 4.69) is 20.7 Å². The van der Waals surface area contributed by atoms with Gasteiger partial charge in [0.05, 0.1) is 13.2 Å². The van der Waals surface area contributed by atoms with Gasteiger partial charge < -0.3 is 15.4 Å². The number of carbonyl (C=O) groups excluding carboxylic acids is 2. The summed E-state index contributed by atoms with van der Waals surface area (Å²) in [5.41, 5.74) is 3.36. The summed E-state index contributed by atoms with van der Waals surface area (Å²) in [6.07, 6.45) is -0.627. The molecule has 0 saturated carbocycles. The quantitative estimate of drug-likeness (QED) is 0.736. The van der Waals surface area contributed by atoms with Crippen molar-refractivity contribution in [2.75, 3.05) is 12.4 Å². The summed E-state index contributed by atoms with van der Waals surface area (Å²) < 4.78 is 4.61. The maximum atomic E-state index is 12.6. The normalized spacial score (nSPS) is 18.2. The van der Waals surface area contributed by atoms with E-state index in [-0.39, 0.29) is 17.6 Å². The lowest BCUT2D eigenvalue weighted by molar-refractivity contribution is -0.113. The zero-order chi connectivity index (χ0) is 17.8. The molecule has 6 nitrogen and oxygen atoms in total. The molecule has 0 aliphatic carbocycles. The Bertz CT molecular complexity index is 831. The van der Waals surface area contributed by atoms with Crippen LogP contribution in [0.25, 0.3) is 0 Å². The molecule has 0 unspecified atom stereocenters. The van der Waals surface area contributed by atoms with E-state index in [0.717, 1.165) is 16.8 Å². The van der Waals surface area contributed by atoms with Gasteiger partial charge >= 0.3 is 6.09 Å². The van der Waals surface area contributed by atoms with E-state index in [1.807, 2.05) is 54.6 Å². The molecule has 1 aliphatic heterocycles. The predicted molar refractivity (Wildman–Crippen MR) is 94.7 cm³/mol. The molecule has 2 amide bonds. The van der Waals surface area contributed by atoms with Gasteiger partial charge in [0, 0.05) is 16.9 Å². The van der Waals surface area contributed by atoms with Gasteiger partial charge in [-0.3, -0.25) is 10.1 Å². The van der Waals surface area contributed by atoms with Crippen molar-refractivity contribution in [2.45, 2.75) is 13.0 Å². The first-order valence-corrected chi connectivity index (χ1v) is 7.87. The number of allylic oxidation sites excluding steroid dienone is 1. The highest BCUT2D eigenvalue weighted by atomic mass is 16.5. The fourth-order valence-corrected chi connectivity index (χ4v) is 2.79. The highest BCUT2D eigenvalue weighted by Gasteiger charge is 2.27. The molecule has 1 atom stereocenters. The number of hydrogen-bond acceptors (Lipinski definition) is 4. The Balaban J connectivity index is 2.07. The first-order chi connectivity index (χ1) is 12.1. The molecule has 0 fully saturated rings. The van der Waals surface area contributed by atoms with Crippen LogP contribution in [-0.4, -0.2) is 19.1 Å². The number of hydrogen-bond donors (Lipinski definition) is 3. The van der Waals surface area contributed by atoms with E-state index in [9.17, 15) is 9.59 Å². The number of methoxy groups -OCH3 is 1. The molecule has 2 aromatic carbocycles. The van der Waals surface area contributed by atoms with Crippen molar-refractivity contribution >= 4 is 17.7 Å². The second kappa shape index (κ2) is 7.09. The minimum Gasteiger partial charge on any atom is -0.453 e. The molecule has 0 aromatic heterocycles. The van der Waals surface area contributed by atoms with Gasteiger partial charge in [-0.05, 0) is 18.6 Å². The van der Waals surface area contributed by atoms with Crippen LogP contribution >= 0.6 is 0 Å². The Morgan fingerprint density at radius 3 is 2.48 bits per heavy atom. The van der Waals surface area contributed by atoms with Gasteiger partial charge in [-0.25, -0.2) is 4.79 Å². The molecule has 0 bridgehead atoms. The van der Waals surface area contributed by atoms with Crippen LogP contribution in [0.5, 0.6) is 0 Å². The average Bonchev–Trinajstić information content (AvgIpc) is 2.78. The van der Waals surface area contributed by atoms with E-state index in [1.165, 1.54) is 7.11 Å². The van der Waals surface area contributed by atoms with Crippen molar-refractivity contribution in [3.63, 3.8) is 0 Å². The summed E-state index contributed by atoms with van der Waals surface area (Å²) in [4.78, 5) is 24.1. The maximum Gasteiger partial charge on any atom is 0.411 e. The molecule has 0 spiro atoms. The third kappa shape index (κ3) is 3.47. The zero-order valence-electron chi connectivity index (χ0n) is 14.0. The summed E-state index contributed by atoms with van der Waals surface area (Å²) >= 11 is 0. The fraction of sp³-hybridized carbons (Fsp3) is 0.158. The number of amides is 2. The van der Waals surface area contributed by atoms with Crippen LogP contribution in [0, 0.1) is 0 Å². The lowest BCUT2D eigenvalue weighted by atomic mass is 9.97. The van der Waals surface area contributed by atoms with Gasteiger partial charge in [-0.15, -0.1) is 0 Å². The topological polar surface area (TPSA) is 79.5 Å². The Labute approximate surface area is 145 Å². The van der Waals surface area contributed by atoms with Crippen LogP contribution in [0.2, 0.25) is 0 Å². The second-order valence-electron chi connectivity index (χ2n) is 5.65. The third-order valence-corrected chi connectivity index (χ3v) is 4.02. The molecule has 3 N–H and O–H groups in total. The molecule has 25 heavy (non-hydrogen) atoms. The van der Waals surface area contributed by atoms with Crippen LogP contribution < -0.4 is 16.0 Å². The molecular weight excluding hydrogens is 318 g/mol. The number of ether oxygens (including phenoxy) is 1. The van der Waals surface area contributed by atoms with E-state index >= 15 is 0 Å². The Morgan fingerprint density at radius 2 is 1.76 bits per heavy atom. The maximum absolute atomic E-state index is 12.6. The number of fused-ring (bicyclic) bond motifs is 1. The summed E-state index contributed by atoms with van der Waals surface area (Å²) in [6.45, 7) is 1.65. The minimum atomic E-state index is -0.627. The van der Waals surface area contributed by atoms with Gasteiger partial charge in [0.2, 0.25) is 0 Å². The van der Waals surface area contributed by atoms with Crippen LogP contribution in [0.15, 0.2) is 66.0 Å². The van der Waals surface area contributed by atoms with Gasteiger partial charge in [-0.2, -0.15) is 0 Å². The number of alkyl carbamates (subject to hydrolysis) is 1. The number of benzene rings is 2. The largest absolute Gasteiger partial charge is 0.453 e. The first-order valence-electron chi connectivity index (χ1n) is 7.87.